The van der Waals surface area contributed by atoms with E-state index in [9.17, 15) is 4.79 Å². The zero-order valence-corrected chi connectivity index (χ0v) is 8.13. The number of nitrogens with two attached hydrogens (primary N) is 1. The fourth-order valence-corrected chi connectivity index (χ4v) is 1.46. The van der Waals surface area contributed by atoms with Crippen molar-refractivity contribution in [3.8, 4) is 0 Å². The molecule has 0 saturated carbocycles. The lowest BCUT2D eigenvalue weighted by Gasteiger charge is -2.12. The number of hydrogen-bond acceptors (Lipinski definition) is 2. The van der Waals surface area contributed by atoms with Gasteiger partial charge in [-0.25, -0.2) is 0 Å². The average Bonchev–Trinajstić information content (AvgIpc) is 2.04. The number of pyridine rings is 1. The first-order valence-electron chi connectivity index (χ1n) is 4.60. The number of aryl methyl sites for hydroxylation is 1. The minimum absolute atomic E-state index is 0.0434. The van der Waals surface area contributed by atoms with Crippen molar-refractivity contribution in [2.75, 3.05) is 0 Å². The SMILES string of the molecule is CCC[C@@H](N)c1ccc(=O)[nH]c1C. The molecule has 0 aliphatic rings. The van der Waals surface area contributed by atoms with E-state index in [1.165, 1.54) is 6.07 Å². The number of aromatic nitrogens is 1. The minimum Gasteiger partial charge on any atom is -0.326 e. The van der Waals surface area contributed by atoms with E-state index < -0.39 is 0 Å². The fourth-order valence-electron chi connectivity index (χ4n) is 1.46. The molecule has 0 aliphatic heterocycles. The zero-order chi connectivity index (χ0) is 9.84. The molecule has 1 aromatic rings. The maximum absolute atomic E-state index is 10.9. The van der Waals surface area contributed by atoms with Gasteiger partial charge in [0.2, 0.25) is 5.56 Å². The summed E-state index contributed by atoms with van der Waals surface area (Å²) in [6, 6.07) is 3.38. The Balaban J connectivity index is 2.94. The molecule has 0 amide bonds. The lowest BCUT2D eigenvalue weighted by atomic mass is 10.0. The standard InChI is InChI=1S/C10H16N2O/c1-3-4-9(11)8-5-6-10(13)12-7(8)2/h5-6,9H,3-4,11H2,1-2H3,(H,12,13)/t9-/m1/s1. The largest absolute Gasteiger partial charge is 0.326 e. The Morgan fingerprint density at radius 3 is 2.77 bits per heavy atom. The van der Waals surface area contributed by atoms with E-state index in [0.29, 0.717) is 0 Å². The van der Waals surface area contributed by atoms with Gasteiger partial charge in [0, 0.05) is 17.8 Å². The molecule has 0 unspecified atom stereocenters. The van der Waals surface area contributed by atoms with Crippen LogP contribution in [0.5, 0.6) is 0 Å². The van der Waals surface area contributed by atoms with E-state index in [1.807, 2.05) is 13.0 Å². The second-order valence-electron chi connectivity index (χ2n) is 3.30. The third kappa shape index (κ3) is 2.42. The summed E-state index contributed by atoms with van der Waals surface area (Å²) >= 11 is 0. The molecule has 0 aliphatic carbocycles. The van der Waals surface area contributed by atoms with Gasteiger partial charge in [-0.2, -0.15) is 0 Å². The van der Waals surface area contributed by atoms with Gasteiger partial charge in [-0.1, -0.05) is 19.4 Å². The van der Waals surface area contributed by atoms with E-state index in [4.69, 9.17) is 5.73 Å². The van der Waals surface area contributed by atoms with Crippen LogP contribution < -0.4 is 11.3 Å². The van der Waals surface area contributed by atoms with Crippen LogP contribution in [0.2, 0.25) is 0 Å². The maximum atomic E-state index is 10.9. The second-order valence-corrected chi connectivity index (χ2v) is 3.30. The summed E-state index contributed by atoms with van der Waals surface area (Å²) in [5, 5.41) is 0. The van der Waals surface area contributed by atoms with Gasteiger partial charge < -0.3 is 10.7 Å². The lowest BCUT2D eigenvalue weighted by Crippen LogP contribution is -2.15. The predicted octanol–water partition coefficient (Wildman–Crippen LogP) is 1.48. The molecule has 0 bridgehead atoms. The molecule has 13 heavy (non-hydrogen) atoms. The molecular weight excluding hydrogens is 164 g/mol. The molecule has 1 atom stereocenters. The molecule has 0 spiro atoms. The first-order valence-corrected chi connectivity index (χ1v) is 4.60. The Morgan fingerprint density at radius 2 is 2.23 bits per heavy atom. The quantitative estimate of drug-likeness (QED) is 0.740. The van der Waals surface area contributed by atoms with Crippen LogP contribution >= 0.6 is 0 Å². The summed E-state index contributed by atoms with van der Waals surface area (Å²) in [7, 11) is 0. The van der Waals surface area contributed by atoms with Crippen molar-refractivity contribution in [2.24, 2.45) is 5.73 Å². The van der Waals surface area contributed by atoms with Crippen LogP contribution in [0.25, 0.3) is 0 Å². The van der Waals surface area contributed by atoms with Gasteiger partial charge in [0.1, 0.15) is 0 Å². The minimum atomic E-state index is -0.0649. The van der Waals surface area contributed by atoms with Crippen molar-refractivity contribution in [3.05, 3.63) is 33.7 Å². The van der Waals surface area contributed by atoms with E-state index >= 15 is 0 Å². The van der Waals surface area contributed by atoms with Crippen LogP contribution in [0.15, 0.2) is 16.9 Å². The normalized spacial score (nSPS) is 12.8. The number of hydrogen-bond donors (Lipinski definition) is 2. The van der Waals surface area contributed by atoms with Crippen LogP contribution in [-0.4, -0.2) is 4.98 Å². The smallest absolute Gasteiger partial charge is 0.248 e. The van der Waals surface area contributed by atoms with Gasteiger partial charge in [0.15, 0.2) is 0 Å². The third-order valence-electron chi connectivity index (χ3n) is 2.16. The van der Waals surface area contributed by atoms with Crippen LogP contribution in [0.3, 0.4) is 0 Å². The zero-order valence-electron chi connectivity index (χ0n) is 8.13. The monoisotopic (exact) mass is 180 g/mol. The molecular formula is C10H16N2O. The molecule has 0 fully saturated rings. The van der Waals surface area contributed by atoms with Crippen molar-refractivity contribution in [1.82, 2.24) is 4.98 Å². The van der Waals surface area contributed by atoms with Gasteiger partial charge in [0.25, 0.3) is 0 Å². The molecule has 72 valence electrons. The van der Waals surface area contributed by atoms with Gasteiger partial charge in [-0.15, -0.1) is 0 Å². The van der Waals surface area contributed by atoms with Crippen LogP contribution in [0.1, 0.15) is 37.1 Å². The highest BCUT2D eigenvalue weighted by molar-refractivity contribution is 5.21. The topological polar surface area (TPSA) is 58.9 Å². The molecule has 1 rings (SSSR count). The van der Waals surface area contributed by atoms with Crippen LogP contribution in [0.4, 0.5) is 0 Å². The molecule has 0 saturated heterocycles. The van der Waals surface area contributed by atoms with E-state index in [0.717, 1.165) is 24.1 Å². The molecule has 3 heteroatoms. The fraction of sp³-hybridized carbons (Fsp3) is 0.500. The summed E-state index contributed by atoms with van der Waals surface area (Å²) in [4.78, 5) is 13.7. The third-order valence-corrected chi connectivity index (χ3v) is 2.16. The van der Waals surface area contributed by atoms with Gasteiger partial charge in [0.05, 0.1) is 0 Å². The summed E-state index contributed by atoms with van der Waals surface area (Å²) < 4.78 is 0. The molecule has 3 N–H and O–H groups in total. The first kappa shape index (κ1) is 9.99. The summed E-state index contributed by atoms with van der Waals surface area (Å²) in [5.41, 5.74) is 7.80. The molecule has 1 aromatic heterocycles. The first-order chi connectivity index (χ1) is 6.15. The van der Waals surface area contributed by atoms with E-state index in [2.05, 4.69) is 11.9 Å². The van der Waals surface area contributed by atoms with Crippen LogP contribution in [-0.2, 0) is 0 Å². The number of rotatable bonds is 3. The average molecular weight is 180 g/mol. The highest BCUT2D eigenvalue weighted by Crippen LogP contribution is 2.16. The predicted molar refractivity (Wildman–Crippen MR) is 53.6 cm³/mol. The maximum Gasteiger partial charge on any atom is 0.248 e. The Morgan fingerprint density at radius 1 is 1.54 bits per heavy atom. The van der Waals surface area contributed by atoms with E-state index in [1.54, 1.807) is 0 Å². The van der Waals surface area contributed by atoms with Gasteiger partial charge in [-0.3, -0.25) is 4.79 Å². The lowest BCUT2D eigenvalue weighted by molar-refractivity contribution is 0.631. The van der Waals surface area contributed by atoms with Crippen molar-refractivity contribution in [1.29, 1.82) is 0 Å². The molecule has 0 radical (unpaired) electrons. The summed E-state index contributed by atoms with van der Waals surface area (Å²) in [6.45, 7) is 3.98. The van der Waals surface area contributed by atoms with E-state index in [-0.39, 0.29) is 11.6 Å². The number of nitrogens with one attached hydrogen (secondary N) is 1. The summed E-state index contributed by atoms with van der Waals surface area (Å²) in [5.74, 6) is 0. The Kier molecular flexibility index (Phi) is 3.25. The summed E-state index contributed by atoms with van der Waals surface area (Å²) in [6.07, 6.45) is 2.01. The molecule has 0 aromatic carbocycles. The highest BCUT2D eigenvalue weighted by atomic mass is 16.1. The van der Waals surface area contributed by atoms with Crippen LogP contribution in [0, 0.1) is 6.92 Å². The highest BCUT2D eigenvalue weighted by Gasteiger charge is 2.07. The van der Waals surface area contributed by atoms with Crippen molar-refractivity contribution < 1.29 is 0 Å². The Bertz CT molecular complexity index is 330. The van der Waals surface area contributed by atoms with Crippen molar-refractivity contribution >= 4 is 0 Å². The van der Waals surface area contributed by atoms with Crippen molar-refractivity contribution in [3.63, 3.8) is 0 Å². The van der Waals surface area contributed by atoms with Gasteiger partial charge in [-0.05, 0) is 18.9 Å². The number of aromatic amines is 1. The molecule has 3 nitrogen and oxygen atoms in total. The Hall–Kier alpha value is -1.09. The number of H-pyrrole nitrogens is 1. The Labute approximate surface area is 78.0 Å². The second kappa shape index (κ2) is 4.23. The molecule has 1 heterocycles. The van der Waals surface area contributed by atoms with Crippen molar-refractivity contribution in [2.45, 2.75) is 32.7 Å². The van der Waals surface area contributed by atoms with Gasteiger partial charge >= 0.3 is 0 Å².